The Kier molecular flexibility index (Phi) is 4.29. The molecule has 6 nitrogen and oxygen atoms in total. The van der Waals surface area contributed by atoms with E-state index in [-0.39, 0.29) is 30.8 Å². The third kappa shape index (κ3) is 2.99. The van der Waals surface area contributed by atoms with Gasteiger partial charge in [0.2, 0.25) is 0 Å². The van der Waals surface area contributed by atoms with E-state index < -0.39 is 6.09 Å². The number of nitrogens with zero attached hydrogens (tertiary/aromatic N) is 1. The van der Waals surface area contributed by atoms with E-state index in [1.807, 2.05) is 30.3 Å². The van der Waals surface area contributed by atoms with Gasteiger partial charge in [-0.15, -0.1) is 0 Å². The first-order chi connectivity index (χ1) is 11.6. The van der Waals surface area contributed by atoms with Crippen LogP contribution in [0.3, 0.4) is 0 Å². The number of carbonyl (C=O) groups excluding carboxylic acids is 2. The number of carboxylic acid groups (broad SMARTS) is 1. The van der Waals surface area contributed by atoms with E-state index in [1.54, 1.807) is 24.3 Å². The van der Waals surface area contributed by atoms with Gasteiger partial charge in [0.15, 0.2) is 0 Å². The number of hydrogen-bond acceptors (Lipinski definition) is 3. The van der Waals surface area contributed by atoms with Crippen LogP contribution in [0.2, 0.25) is 0 Å². The summed E-state index contributed by atoms with van der Waals surface area (Å²) in [5.74, 6) is -0.997. The van der Waals surface area contributed by atoms with Crippen LogP contribution in [-0.4, -0.2) is 41.0 Å². The Bertz CT molecular complexity index is 754. The van der Waals surface area contributed by atoms with Gasteiger partial charge in [-0.05, 0) is 17.7 Å². The van der Waals surface area contributed by atoms with Gasteiger partial charge in [-0.2, -0.15) is 0 Å². The Hall–Kier alpha value is -3.15. The molecule has 0 bridgehead atoms. The molecule has 1 aliphatic heterocycles. The molecule has 24 heavy (non-hydrogen) atoms. The number of imide groups is 1. The molecule has 2 N–H and O–H groups in total. The average molecular weight is 324 g/mol. The van der Waals surface area contributed by atoms with Gasteiger partial charge in [0.05, 0.1) is 11.1 Å². The number of nitrogens with one attached hydrogen (secondary N) is 1. The molecule has 0 fully saturated rings. The molecule has 1 aliphatic rings. The highest BCUT2D eigenvalue weighted by atomic mass is 16.4. The largest absolute Gasteiger partial charge is 0.465 e. The average Bonchev–Trinajstić information content (AvgIpc) is 2.84. The van der Waals surface area contributed by atoms with Crippen LogP contribution < -0.4 is 5.32 Å². The summed E-state index contributed by atoms with van der Waals surface area (Å²) in [6, 6.07) is 15.9. The second-order valence-electron chi connectivity index (χ2n) is 5.56. The van der Waals surface area contributed by atoms with Crippen molar-refractivity contribution in [1.29, 1.82) is 0 Å². The van der Waals surface area contributed by atoms with Crippen LogP contribution in [0.25, 0.3) is 0 Å². The normalized spacial score (nSPS) is 14.4. The van der Waals surface area contributed by atoms with Gasteiger partial charge in [-0.25, -0.2) is 4.79 Å². The molecule has 1 unspecified atom stereocenters. The topological polar surface area (TPSA) is 86.7 Å². The van der Waals surface area contributed by atoms with Gasteiger partial charge >= 0.3 is 6.09 Å². The number of hydrogen-bond donors (Lipinski definition) is 2. The summed E-state index contributed by atoms with van der Waals surface area (Å²) in [4.78, 5) is 37.0. The zero-order chi connectivity index (χ0) is 17.1. The highest BCUT2D eigenvalue weighted by Gasteiger charge is 2.36. The third-order valence-electron chi connectivity index (χ3n) is 4.05. The quantitative estimate of drug-likeness (QED) is 0.827. The van der Waals surface area contributed by atoms with Crippen molar-refractivity contribution in [2.75, 3.05) is 13.1 Å². The molecule has 3 rings (SSSR count). The smallest absolute Gasteiger partial charge is 0.404 e. The van der Waals surface area contributed by atoms with Crippen molar-refractivity contribution in [3.05, 3.63) is 71.3 Å². The van der Waals surface area contributed by atoms with Crippen LogP contribution in [0.15, 0.2) is 54.6 Å². The van der Waals surface area contributed by atoms with Crippen LogP contribution in [0, 0.1) is 0 Å². The molecule has 0 aromatic heterocycles. The molecule has 1 heterocycles. The molecule has 2 aromatic carbocycles. The first-order valence-corrected chi connectivity index (χ1v) is 7.55. The van der Waals surface area contributed by atoms with Crippen molar-refractivity contribution in [2.24, 2.45) is 0 Å². The molecule has 3 amide bonds. The summed E-state index contributed by atoms with van der Waals surface area (Å²) in [6.07, 6.45) is -1.14. The van der Waals surface area contributed by atoms with Crippen molar-refractivity contribution in [3.63, 3.8) is 0 Å². The van der Waals surface area contributed by atoms with Gasteiger partial charge < -0.3 is 10.4 Å². The number of carbonyl (C=O) groups is 3. The van der Waals surface area contributed by atoms with Crippen molar-refractivity contribution in [3.8, 4) is 0 Å². The maximum absolute atomic E-state index is 12.5. The van der Waals surface area contributed by atoms with Gasteiger partial charge in [-0.3, -0.25) is 14.5 Å². The van der Waals surface area contributed by atoms with Crippen LogP contribution >= 0.6 is 0 Å². The fraction of sp³-hybridized carbons (Fsp3) is 0.167. The van der Waals surface area contributed by atoms with Gasteiger partial charge in [0.25, 0.3) is 11.8 Å². The lowest BCUT2D eigenvalue weighted by Crippen LogP contribution is -2.38. The van der Waals surface area contributed by atoms with Crippen LogP contribution in [0.1, 0.15) is 32.2 Å². The number of rotatable bonds is 5. The van der Waals surface area contributed by atoms with E-state index in [0.717, 1.165) is 5.56 Å². The molecule has 0 saturated heterocycles. The fourth-order valence-electron chi connectivity index (χ4n) is 2.85. The lowest BCUT2D eigenvalue weighted by molar-refractivity contribution is 0.0644. The van der Waals surface area contributed by atoms with E-state index in [2.05, 4.69) is 5.32 Å². The predicted molar refractivity (Wildman–Crippen MR) is 87.0 cm³/mol. The first-order valence-electron chi connectivity index (χ1n) is 7.55. The summed E-state index contributed by atoms with van der Waals surface area (Å²) in [5, 5.41) is 11.2. The fourth-order valence-corrected chi connectivity index (χ4v) is 2.85. The van der Waals surface area contributed by atoms with E-state index in [0.29, 0.717) is 11.1 Å². The standard InChI is InChI=1S/C18H16N2O4/c21-16-14-8-4-5-9-15(14)17(22)20(16)11-13(10-19-18(23)24)12-6-2-1-3-7-12/h1-9,13,19H,10-11H2,(H,23,24). The minimum Gasteiger partial charge on any atom is -0.465 e. The summed E-state index contributed by atoms with van der Waals surface area (Å²) in [6.45, 7) is 0.239. The Morgan fingerprint density at radius 2 is 1.50 bits per heavy atom. The summed E-state index contributed by atoms with van der Waals surface area (Å²) >= 11 is 0. The zero-order valence-corrected chi connectivity index (χ0v) is 12.8. The van der Waals surface area contributed by atoms with Crippen LogP contribution in [0.4, 0.5) is 4.79 Å². The minimum absolute atomic E-state index is 0.118. The lowest BCUT2D eigenvalue weighted by atomic mass is 9.98. The SMILES string of the molecule is O=C(O)NCC(CN1C(=O)c2ccccc2C1=O)c1ccccc1. The number of benzene rings is 2. The molecular weight excluding hydrogens is 308 g/mol. The highest BCUT2D eigenvalue weighted by Crippen LogP contribution is 2.26. The van der Waals surface area contributed by atoms with Crippen molar-refractivity contribution in [2.45, 2.75) is 5.92 Å². The minimum atomic E-state index is -1.14. The molecule has 0 aliphatic carbocycles. The van der Waals surface area contributed by atoms with Gasteiger partial charge in [-0.1, -0.05) is 42.5 Å². The number of amides is 3. The molecule has 2 aromatic rings. The maximum Gasteiger partial charge on any atom is 0.404 e. The Balaban J connectivity index is 1.84. The van der Waals surface area contributed by atoms with Crippen LogP contribution in [0.5, 0.6) is 0 Å². The molecule has 1 atom stereocenters. The highest BCUT2D eigenvalue weighted by molar-refractivity contribution is 6.21. The summed E-state index contributed by atoms with van der Waals surface area (Å²) in [7, 11) is 0. The molecule has 0 saturated carbocycles. The van der Waals surface area contributed by atoms with E-state index in [1.165, 1.54) is 4.90 Å². The van der Waals surface area contributed by atoms with Crippen molar-refractivity contribution in [1.82, 2.24) is 10.2 Å². The zero-order valence-electron chi connectivity index (χ0n) is 12.8. The summed E-state index contributed by atoms with van der Waals surface area (Å²) in [5.41, 5.74) is 1.64. The third-order valence-corrected chi connectivity index (χ3v) is 4.05. The monoisotopic (exact) mass is 324 g/mol. The van der Waals surface area contributed by atoms with Crippen LogP contribution in [-0.2, 0) is 0 Å². The molecule has 6 heteroatoms. The van der Waals surface area contributed by atoms with Gasteiger partial charge in [0, 0.05) is 19.0 Å². The second-order valence-corrected chi connectivity index (χ2v) is 5.56. The molecular formula is C18H16N2O4. The van der Waals surface area contributed by atoms with Crippen molar-refractivity contribution < 1.29 is 19.5 Å². The van der Waals surface area contributed by atoms with E-state index >= 15 is 0 Å². The second kappa shape index (κ2) is 6.54. The molecule has 0 spiro atoms. The maximum atomic E-state index is 12.5. The number of fused-ring (bicyclic) bond motifs is 1. The summed E-state index contributed by atoms with van der Waals surface area (Å²) < 4.78 is 0. The Morgan fingerprint density at radius 3 is 2.04 bits per heavy atom. The Labute approximate surface area is 138 Å². The lowest BCUT2D eigenvalue weighted by Gasteiger charge is -2.23. The van der Waals surface area contributed by atoms with Crippen molar-refractivity contribution >= 4 is 17.9 Å². The Morgan fingerprint density at radius 1 is 0.958 bits per heavy atom. The molecule has 0 radical (unpaired) electrons. The van der Waals surface area contributed by atoms with E-state index in [4.69, 9.17) is 5.11 Å². The first kappa shape index (κ1) is 15.7. The predicted octanol–water partition coefficient (Wildman–Crippen LogP) is 2.33. The molecule has 122 valence electrons. The van der Waals surface area contributed by atoms with Gasteiger partial charge in [0.1, 0.15) is 0 Å². The van der Waals surface area contributed by atoms with E-state index in [9.17, 15) is 14.4 Å².